The van der Waals surface area contributed by atoms with Crippen LogP contribution >= 0.6 is 11.6 Å². The van der Waals surface area contributed by atoms with Crippen LogP contribution in [0.2, 0.25) is 5.02 Å². The largest absolute Gasteiger partial charge is 0.592 e. The summed E-state index contributed by atoms with van der Waals surface area (Å²) in [6, 6.07) is 7.17. The zero-order valence-corrected chi connectivity index (χ0v) is 8.31. The zero-order valence-electron chi connectivity index (χ0n) is 7.55. The Hall–Kier alpha value is -1.55. The number of nitrogens with zero attached hydrogens (tertiary/aromatic N) is 2. The summed E-state index contributed by atoms with van der Waals surface area (Å²) >= 11 is 5.85. The van der Waals surface area contributed by atoms with E-state index in [0.29, 0.717) is 9.88 Å². The van der Waals surface area contributed by atoms with Gasteiger partial charge in [0.15, 0.2) is 0 Å². The highest BCUT2D eigenvalue weighted by molar-refractivity contribution is 6.32. The van der Waals surface area contributed by atoms with E-state index in [4.69, 9.17) is 11.6 Å². The van der Waals surface area contributed by atoms with Gasteiger partial charge < -0.3 is 10.0 Å². The number of halogens is 1. The van der Waals surface area contributed by atoms with Gasteiger partial charge in [-0.3, -0.25) is 0 Å². The van der Waals surface area contributed by atoms with Gasteiger partial charge in [0.05, 0.1) is 0 Å². The Bertz CT molecular complexity index is 364. The first kappa shape index (κ1) is 10.5. The molecule has 1 aromatic rings. The zero-order chi connectivity index (χ0) is 10.4. The monoisotopic (exact) mass is 212 g/mol. The molecule has 0 bridgehead atoms. The van der Waals surface area contributed by atoms with Crippen LogP contribution in [0, 0.1) is 5.21 Å². The third-order valence-electron chi connectivity index (χ3n) is 1.45. The van der Waals surface area contributed by atoms with Crippen LogP contribution in [0.5, 0.6) is 0 Å². The molecule has 0 radical (unpaired) electrons. The first-order valence-corrected chi connectivity index (χ1v) is 4.25. The maximum atomic E-state index is 10.8. The van der Waals surface area contributed by atoms with Crippen molar-refractivity contribution in [2.24, 2.45) is 5.28 Å². The number of benzene rings is 1. The second-order valence-electron chi connectivity index (χ2n) is 2.40. The molecule has 0 heterocycles. The molecule has 0 aliphatic carbocycles. The molecule has 0 unspecified atom stereocenters. The van der Waals surface area contributed by atoms with E-state index < -0.39 is 0 Å². The topological polar surface area (TPSA) is 47.7 Å². The third-order valence-corrected chi connectivity index (χ3v) is 1.79. The van der Waals surface area contributed by atoms with Crippen molar-refractivity contribution >= 4 is 17.7 Å². The minimum absolute atomic E-state index is 0.309. The molecule has 0 amide bonds. The van der Waals surface area contributed by atoms with Crippen LogP contribution in [-0.2, 0) is 4.84 Å². The van der Waals surface area contributed by atoms with Gasteiger partial charge in [-0.05, 0) is 16.5 Å². The highest BCUT2D eigenvalue weighted by atomic mass is 35.5. The lowest BCUT2D eigenvalue weighted by molar-refractivity contribution is -0.490. The van der Waals surface area contributed by atoms with E-state index in [1.54, 1.807) is 18.2 Å². The summed E-state index contributed by atoms with van der Waals surface area (Å²) in [4.78, 5) is 4.59. The van der Waals surface area contributed by atoms with Gasteiger partial charge in [0.1, 0.15) is 7.11 Å². The molecular formula is C9H9ClN2O2. The molecule has 0 fully saturated rings. The van der Waals surface area contributed by atoms with E-state index in [1.165, 1.54) is 13.3 Å². The highest BCUT2D eigenvalue weighted by Gasteiger charge is 1.95. The lowest BCUT2D eigenvalue weighted by Gasteiger charge is -1.95. The van der Waals surface area contributed by atoms with Crippen LogP contribution in [0.3, 0.4) is 0 Å². The van der Waals surface area contributed by atoms with Gasteiger partial charge in [-0.1, -0.05) is 29.8 Å². The van der Waals surface area contributed by atoms with Crippen LogP contribution in [0.1, 0.15) is 5.56 Å². The van der Waals surface area contributed by atoms with Crippen LogP contribution in [-0.4, -0.2) is 12.0 Å². The van der Waals surface area contributed by atoms with E-state index in [-0.39, 0.29) is 0 Å². The SMILES string of the molecule is CO/N=[N+]([O-])\C=C\c1ccccc1Cl. The Morgan fingerprint density at radius 1 is 1.50 bits per heavy atom. The first-order valence-electron chi connectivity index (χ1n) is 3.87. The van der Waals surface area contributed by atoms with Crippen molar-refractivity contribution in [3.8, 4) is 0 Å². The van der Waals surface area contributed by atoms with Gasteiger partial charge in [0.2, 0.25) is 11.5 Å². The summed E-state index contributed by atoms with van der Waals surface area (Å²) in [5.41, 5.74) is 0.751. The predicted octanol–water partition coefficient (Wildman–Crippen LogP) is 2.83. The predicted molar refractivity (Wildman–Crippen MR) is 53.6 cm³/mol. The average molecular weight is 213 g/mol. The average Bonchev–Trinajstić information content (AvgIpc) is 2.17. The highest BCUT2D eigenvalue weighted by Crippen LogP contribution is 2.15. The molecule has 14 heavy (non-hydrogen) atoms. The Morgan fingerprint density at radius 3 is 2.86 bits per heavy atom. The Labute approximate surface area is 86.6 Å². The van der Waals surface area contributed by atoms with Gasteiger partial charge in [-0.15, -0.1) is 0 Å². The van der Waals surface area contributed by atoms with E-state index in [1.807, 2.05) is 12.1 Å². The Morgan fingerprint density at radius 2 is 2.21 bits per heavy atom. The second-order valence-corrected chi connectivity index (χ2v) is 2.81. The molecule has 0 saturated carbocycles. The summed E-state index contributed by atoms with van der Waals surface area (Å²) in [7, 11) is 1.30. The van der Waals surface area contributed by atoms with Gasteiger partial charge in [0.25, 0.3) is 0 Å². The van der Waals surface area contributed by atoms with E-state index >= 15 is 0 Å². The van der Waals surface area contributed by atoms with Crippen molar-refractivity contribution in [3.63, 3.8) is 0 Å². The molecule has 0 aliphatic heterocycles. The maximum absolute atomic E-state index is 10.8. The minimum atomic E-state index is 0.309. The summed E-state index contributed by atoms with van der Waals surface area (Å²) in [6.07, 6.45) is 2.77. The third kappa shape index (κ3) is 3.06. The summed E-state index contributed by atoms with van der Waals surface area (Å²) < 4.78 is 0. The number of hydroxylamine groups is 1. The molecule has 0 spiro atoms. The van der Waals surface area contributed by atoms with Crippen molar-refractivity contribution in [1.82, 2.24) is 0 Å². The van der Waals surface area contributed by atoms with Crippen molar-refractivity contribution in [2.75, 3.05) is 7.11 Å². The van der Waals surface area contributed by atoms with Crippen LogP contribution in [0.25, 0.3) is 6.08 Å². The van der Waals surface area contributed by atoms with Crippen molar-refractivity contribution in [3.05, 3.63) is 46.3 Å². The molecule has 0 aromatic heterocycles. The van der Waals surface area contributed by atoms with Crippen molar-refractivity contribution < 1.29 is 9.70 Å². The molecule has 0 atom stereocenters. The smallest absolute Gasteiger partial charge is 0.213 e. The van der Waals surface area contributed by atoms with E-state index in [0.717, 1.165) is 5.56 Å². The fourth-order valence-corrected chi connectivity index (χ4v) is 1.06. The second kappa shape index (κ2) is 5.24. The van der Waals surface area contributed by atoms with Crippen molar-refractivity contribution in [2.45, 2.75) is 0 Å². The molecule has 1 aromatic carbocycles. The summed E-state index contributed by atoms with van der Waals surface area (Å²) in [6.45, 7) is 0. The molecular weight excluding hydrogens is 204 g/mol. The Balaban J connectivity index is 2.79. The van der Waals surface area contributed by atoms with Gasteiger partial charge in [0, 0.05) is 11.1 Å². The van der Waals surface area contributed by atoms with Gasteiger partial charge >= 0.3 is 0 Å². The van der Waals surface area contributed by atoms with Gasteiger partial charge in [-0.2, -0.15) is 0 Å². The molecule has 5 heteroatoms. The number of hydrogen-bond donors (Lipinski definition) is 0. The quantitative estimate of drug-likeness (QED) is 0.439. The molecule has 0 aliphatic rings. The number of hydrogen-bond acceptors (Lipinski definition) is 3. The summed E-state index contributed by atoms with van der Waals surface area (Å²) in [5.74, 6) is 0. The molecule has 4 nitrogen and oxygen atoms in total. The minimum Gasteiger partial charge on any atom is -0.592 e. The van der Waals surface area contributed by atoms with E-state index in [2.05, 4.69) is 10.1 Å². The van der Waals surface area contributed by atoms with Crippen LogP contribution < -0.4 is 0 Å². The fraction of sp³-hybridized carbons (Fsp3) is 0.111. The lowest BCUT2D eigenvalue weighted by atomic mass is 10.2. The van der Waals surface area contributed by atoms with Crippen molar-refractivity contribution in [1.29, 1.82) is 0 Å². The van der Waals surface area contributed by atoms with Gasteiger partial charge in [-0.25, -0.2) is 0 Å². The van der Waals surface area contributed by atoms with Crippen LogP contribution in [0.4, 0.5) is 0 Å². The molecule has 74 valence electrons. The fourth-order valence-electron chi connectivity index (χ4n) is 0.862. The maximum Gasteiger partial charge on any atom is 0.213 e. The molecule has 0 N–H and O–H groups in total. The molecule has 0 saturated heterocycles. The first-order chi connectivity index (χ1) is 6.74. The van der Waals surface area contributed by atoms with E-state index in [9.17, 15) is 5.21 Å². The lowest BCUT2D eigenvalue weighted by Crippen LogP contribution is -1.88. The Kier molecular flexibility index (Phi) is 3.94. The molecule has 1 rings (SSSR count). The normalized spacial score (nSPS) is 12.0. The van der Waals surface area contributed by atoms with Crippen LogP contribution in [0.15, 0.2) is 35.7 Å². The standard InChI is InChI=1S/C9H9ClN2O2/c1-14-11-12(13)7-6-8-4-2-3-5-9(8)10/h2-7H,1H3/b7-6+,12-11+. The summed E-state index contributed by atoms with van der Waals surface area (Å²) in [5, 5.41) is 14.5. The number of rotatable bonds is 3.